The van der Waals surface area contributed by atoms with Crippen molar-refractivity contribution in [2.75, 3.05) is 14.2 Å². The molecule has 0 saturated heterocycles. The van der Waals surface area contributed by atoms with E-state index in [-0.39, 0.29) is 6.01 Å². The third kappa shape index (κ3) is 2.97. The van der Waals surface area contributed by atoms with E-state index in [0.29, 0.717) is 29.5 Å². The molecule has 20 heavy (non-hydrogen) atoms. The Morgan fingerprint density at radius 3 is 2.30 bits per heavy atom. The van der Waals surface area contributed by atoms with Crippen LogP contribution in [0.2, 0.25) is 0 Å². The highest BCUT2D eigenvalue weighted by Gasteiger charge is 2.14. The van der Waals surface area contributed by atoms with Crippen LogP contribution in [-0.4, -0.2) is 24.2 Å². The molecule has 2 rings (SSSR count). The molecular weight excluding hydrogens is 258 g/mol. The third-order valence-electron chi connectivity index (χ3n) is 2.67. The summed E-state index contributed by atoms with van der Waals surface area (Å²) in [6.45, 7) is 2.18. The van der Waals surface area contributed by atoms with Gasteiger partial charge in [0.25, 0.3) is 0 Å². The molecule has 0 aliphatic carbocycles. The average Bonchev–Trinajstić information content (AvgIpc) is 2.46. The van der Waals surface area contributed by atoms with Gasteiger partial charge in [-0.25, -0.2) is 4.98 Å². The Bertz CT molecular complexity index is 580. The first-order valence-corrected chi connectivity index (χ1v) is 6.11. The standard InChI is InChI=1S/C14H17N3O3/c1-9-7-10(8-15)17-14(16-9)20-13-11(18-2)5-4-6-12(13)19-3/h4-7H,8,15H2,1-3H3. The number of aryl methyl sites for hydroxylation is 1. The summed E-state index contributed by atoms with van der Waals surface area (Å²) in [5.41, 5.74) is 7.09. The lowest BCUT2D eigenvalue weighted by Gasteiger charge is -2.13. The molecule has 6 heteroatoms. The van der Waals surface area contributed by atoms with Gasteiger partial charge >= 0.3 is 6.01 Å². The molecule has 0 amide bonds. The van der Waals surface area contributed by atoms with Crippen molar-refractivity contribution in [3.05, 3.63) is 35.7 Å². The van der Waals surface area contributed by atoms with Gasteiger partial charge in [0.2, 0.25) is 5.75 Å². The second kappa shape index (κ2) is 6.21. The monoisotopic (exact) mass is 275 g/mol. The fourth-order valence-corrected chi connectivity index (χ4v) is 1.76. The zero-order chi connectivity index (χ0) is 14.5. The van der Waals surface area contributed by atoms with Crippen LogP contribution in [0.4, 0.5) is 0 Å². The summed E-state index contributed by atoms with van der Waals surface area (Å²) in [6, 6.07) is 7.39. The van der Waals surface area contributed by atoms with Gasteiger partial charge in [-0.05, 0) is 25.1 Å². The Morgan fingerprint density at radius 1 is 1.10 bits per heavy atom. The lowest BCUT2D eigenvalue weighted by molar-refractivity contribution is 0.335. The quantitative estimate of drug-likeness (QED) is 0.899. The maximum Gasteiger partial charge on any atom is 0.322 e. The van der Waals surface area contributed by atoms with Gasteiger partial charge in [0.1, 0.15) is 0 Å². The molecule has 0 atom stereocenters. The van der Waals surface area contributed by atoms with E-state index in [9.17, 15) is 0 Å². The van der Waals surface area contributed by atoms with Gasteiger partial charge in [0.15, 0.2) is 11.5 Å². The summed E-state index contributed by atoms with van der Waals surface area (Å²) in [4.78, 5) is 8.46. The molecule has 0 unspecified atom stereocenters. The number of methoxy groups -OCH3 is 2. The molecule has 2 aromatic rings. The van der Waals surface area contributed by atoms with Crippen LogP contribution in [-0.2, 0) is 6.54 Å². The number of ether oxygens (including phenoxy) is 3. The van der Waals surface area contributed by atoms with Crippen LogP contribution in [0, 0.1) is 6.92 Å². The second-order valence-electron chi connectivity index (χ2n) is 4.08. The molecule has 0 radical (unpaired) electrons. The van der Waals surface area contributed by atoms with E-state index in [1.54, 1.807) is 26.4 Å². The molecular formula is C14H17N3O3. The minimum atomic E-state index is 0.216. The van der Waals surface area contributed by atoms with E-state index in [4.69, 9.17) is 19.9 Å². The summed E-state index contributed by atoms with van der Waals surface area (Å²) in [7, 11) is 3.12. The average molecular weight is 275 g/mol. The minimum absolute atomic E-state index is 0.216. The molecule has 1 aromatic carbocycles. The Labute approximate surface area is 117 Å². The number of nitrogens with two attached hydrogens (primary N) is 1. The van der Waals surface area contributed by atoms with E-state index >= 15 is 0 Å². The maximum atomic E-state index is 5.72. The third-order valence-corrected chi connectivity index (χ3v) is 2.67. The van der Waals surface area contributed by atoms with Crippen LogP contribution < -0.4 is 19.9 Å². The molecule has 6 nitrogen and oxygen atoms in total. The molecule has 2 N–H and O–H groups in total. The van der Waals surface area contributed by atoms with Gasteiger partial charge in [-0.2, -0.15) is 4.98 Å². The fourth-order valence-electron chi connectivity index (χ4n) is 1.76. The van der Waals surface area contributed by atoms with E-state index < -0.39 is 0 Å². The Hall–Kier alpha value is -2.34. The van der Waals surface area contributed by atoms with Crippen LogP contribution >= 0.6 is 0 Å². The van der Waals surface area contributed by atoms with Crippen LogP contribution in [0.3, 0.4) is 0 Å². The summed E-state index contributed by atoms with van der Waals surface area (Å²) in [6.07, 6.45) is 0. The van der Waals surface area contributed by atoms with Gasteiger partial charge in [-0.3, -0.25) is 0 Å². The highest BCUT2D eigenvalue weighted by atomic mass is 16.5. The topological polar surface area (TPSA) is 79.5 Å². The molecule has 1 aromatic heterocycles. The van der Waals surface area contributed by atoms with Crippen LogP contribution in [0.15, 0.2) is 24.3 Å². The number of para-hydroxylation sites is 1. The molecule has 0 aliphatic rings. The number of hydrogen-bond donors (Lipinski definition) is 1. The van der Waals surface area contributed by atoms with Crippen molar-refractivity contribution in [2.24, 2.45) is 5.73 Å². The summed E-state index contributed by atoms with van der Waals surface area (Å²) in [5.74, 6) is 1.53. The molecule has 0 saturated carbocycles. The highest BCUT2D eigenvalue weighted by Crippen LogP contribution is 2.39. The number of rotatable bonds is 5. The van der Waals surface area contributed by atoms with Crippen LogP contribution in [0.25, 0.3) is 0 Å². The highest BCUT2D eigenvalue weighted by molar-refractivity contribution is 5.52. The van der Waals surface area contributed by atoms with Crippen molar-refractivity contribution in [1.29, 1.82) is 0 Å². The molecule has 0 spiro atoms. The Kier molecular flexibility index (Phi) is 4.37. The molecule has 1 heterocycles. The molecule has 0 bridgehead atoms. The van der Waals surface area contributed by atoms with E-state index in [1.807, 2.05) is 19.1 Å². The first-order chi connectivity index (χ1) is 9.67. The van der Waals surface area contributed by atoms with Gasteiger partial charge in [0.05, 0.1) is 19.9 Å². The Morgan fingerprint density at radius 2 is 1.75 bits per heavy atom. The van der Waals surface area contributed by atoms with Crippen molar-refractivity contribution in [1.82, 2.24) is 9.97 Å². The number of aromatic nitrogens is 2. The molecule has 0 fully saturated rings. The lowest BCUT2D eigenvalue weighted by Crippen LogP contribution is -2.04. The number of benzene rings is 1. The normalized spacial score (nSPS) is 10.2. The van der Waals surface area contributed by atoms with E-state index in [2.05, 4.69) is 9.97 Å². The maximum absolute atomic E-state index is 5.72. The number of hydrogen-bond acceptors (Lipinski definition) is 6. The van der Waals surface area contributed by atoms with Crippen molar-refractivity contribution in [3.63, 3.8) is 0 Å². The van der Waals surface area contributed by atoms with Crippen LogP contribution in [0.5, 0.6) is 23.3 Å². The van der Waals surface area contributed by atoms with Gasteiger partial charge in [-0.15, -0.1) is 0 Å². The van der Waals surface area contributed by atoms with Gasteiger partial charge in [0, 0.05) is 12.2 Å². The summed E-state index contributed by atoms with van der Waals surface area (Å²) in [5, 5.41) is 0. The predicted octanol–water partition coefficient (Wildman–Crippen LogP) is 2.05. The minimum Gasteiger partial charge on any atom is -0.493 e. The summed E-state index contributed by atoms with van der Waals surface area (Å²) < 4.78 is 16.2. The SMILES string of the molecule is COc1cccc(OC)c1Oc1nc(C)cc(CN)n1. The van der Waals surface area contributed by atoms with Gasteiger partial charge < -0.3 is 19.9 Å². The summed E-state index contributed by atoms with van der Waals surface area (Å²) >= 11 is 0. The van der Waals surface area contributed by atoms with Crippen molar-refractivity contribution in [2.45, 2.75) is 13.5 Å². The molecule has 106 valence electrons. The first kappa shape index (κ1) is 14.1. The van der Waals surface area contributed by atoms with E-state index in [0.717, 1.165) is 5.69 Å². The zero-order valence-corrected chi connectivity index (χ0v) is 11.7. The largest absolute Gasteiger partial charge is 0.493 e. The number of nitrogens with zero attached hydrogens (tertiary/aromatic N) is 2. The smallest absolute Gasteiger partial charge is 0.322 e. The van der Waals surface area contributed by atoms with Crippen LogP contribution in [0.1, 0.15) is 11.4 Å². The Balaban J connectivity index is 2.41. The first-order valence-electron chi connectivity index (χ1n) is 6.11. The molecule has 0 aliphatic heterocycles. The van der Waals surface area contributed by atoms with E-state index in [1.165, 1.54) is 0 Å². The van der Waals surface area contributed by atoms with Crippen molar-refractivity contribution in [3.8, 4) is 23.3 Å². The van der Waals surface area contributed by atoms with Crippen molar-refractivity contribution >= 4 is 0 Å². The van der Waals surface area contributed by atoms with Gasteiger partial charge in [-0.1, -0.05) is 6.07 Å². The second-order valence-corrected chi connectivity index (χ2v) is 4.08. The lowest BCUT2D eigenvalue weighted by atomic mass is 10.3. The fraction of sp³-hybridized carbons (Fsp3) is 0.286. The van der Waals surface area contributed by atoms with Crippen molar-refractivity contribution < 1.29 is 14.2 Å². The predicted molar refractivity (Wildman–Crippen MR) is 74.3 cm³/mol. The zero-order valence-electron chi connectivity index (χ0n) is 11.7.